The summed E-state index contributed by atoms with van der Waals surface area (Å²) in [5, 5.41) is 2.47. The van der Waals surface area contributed by atoms with E-state index in [1.165, 1.54) is 12.3 Å². The zero-order valence-corrected chi connectivity index (χ0v) is 13.3. The van der Waals surface area contributed by atoms with E-state index >= 15 is 0 Å². The average molecular weight is 414 g/mol. The standard InChI is InChI=1S/C13H6BrClF4N2O2/c14-8-3-6(5-20-11(8)15)12(22)21-7-1-2-10(9(16)4-7)23-13(17,18)19/h1-5H,(H,21,22). The van der Waals surface area contributed by atoms with E-state index in [0.717, 1.165) is 12.1 Å². The Labute approximate surface area is 140 Å². The maximum absolute atomic E-state index is 13.5. The SMILES string of the molecule is O=C(Nc1ccc(OC(F)(F)F)c(F)c1)c1cnc(Cl)c(Br)c1. The number of halogens is 6. The summed E-state index contributed by atoms with van der Waals surface area (Å²) in [5.41, 5.74) is 0.0744. The maximum atomic E-state index is 13.5. The molecule has 2 aromatic rings. The molecule has 0 bridgehead atoms. The number of hydrogen-bond acceptors (Lipinski definition) is 3. The molecule has 0 spiro atoms. The molecule has 1 N–H and O–H groups in total. The van der Waals surface area contributed by atoms with Crippen LogP contribution in [0.4, 0.5) is 23.2 Å². The van der Waals surface area contributed by atoms with Gasteiger partial charge in [0.15, 0.2) is 11.6 Å². The van der Waals surface area contributed by atoms with Crippen molar-refractivity contribution in [2.75, 3.05) is 5.32 Å². The van der Waals surface area contributed by atoms with Crippen LogP contribution in [0.1, 0.15) is 10.4 Å². The molecule has 0 atom stereocenters. The monoisotopic (exact) mass is 412 g/mol. The second kappa shape index (κ2) is 6.71. The molecular formula is C13H6BrClF4N2O2. The Hall–Kier alpha value is -1.87. The van der Waals surface area contributed by atoms with Gasteiger partial charge in [-0.2, -0.15) is 0 Å². The smallest absolute Gasteiger partial charge is 0.403 e. The first-order valence-corrected chi connectivity index (χ1v) is 7.00. The van der Waals surface area contributed by atoms with Crippen LogP contribution in [0, 0.1) is 5.82 Å². The fraction of sp³-hybridized carbons (Fsp3) is 0.0769. The molecule has 1 heterocycles. The van der Waals surface area contributed by atoms with Crippen LogP contribution in [0.5, 0.6) is 5.75 Å². The van der Waals surface area contributed by atoms with Crippen LogP contribution < -0.4 is 10.1 Å². The van der Waals surface area contributed by atoms with Gasteiger partial charge >= 0.3 is 6.36 Å². The van der Waals surface area contributed by atoms with E-state index in [-0.39, 0.29) is 16.4 Å². The highest BCUT2D eigenvalue weighted by atomic mass is 79.9. The van der Waals surface area contributed by atoms with Gasteiger partial charge in [-0.1, -0.05) is 11.6 Å². The number of benzene rings is 1. The number of alkyl halides is 3. The Balaban J connectivity index is 2.15. The minimum absolute atomic E-state index is 0.0481. The van der Waals surface area contributed by atoms with Gasteiger partial charge in [-0.25, -0.2) is 9.37 Å². The lowest BCUT2D eigenvalue weighted by Crippen LogP contribution is -2.18. The van der Waals surface area contributed by atoms with E-state index < -0.39 is 23.8 Å². The molecule has 1 aromatic carbocycles. The largest absolute Gasteiger partial charge is 0.573 e. The molecule has 0 aliphatic heterocycles. The zero-order chi connectivity index (χ0) is 17.2. The lowest BCUT2D eigenvalue weighted by Gasteiger charge is -2.11. The summed E-state index contributed by atoms with van der Waals surface area (Å²) >= 11 is 8.78. The number of aromatic nitrogens is 1. The maximum Gasteiger partial charge on any atom is 0.573 e. The van der Waals surface area contributed by atoms with Gasteiger partial charge in [0.1, 0.15) is 5.15 Å². The molecule has 0 fully saturated rings. The summed E-state index contributed by atoms with van der Waals surface area (Å²) in [6.45, 7) is 0. The first-order chi connectivity index (χ1) is 10.7. The predicted octanol–water partition coefficient (Wildman–Crippen LogP) is 4.79. The van der Waals surface area contributed by atoms with Gasteiger partial charge in [-0.15, -0.1) is 13.2 Å². The van der Waals surface area contributed by atoms with E-state index in [1.807, 2.05) is 0 Å². The Morgan fingerprint density at radius 1 is 1.30 bits per heavy atom. The third-order valence-electron chi connectivity index (χ3n) is 2.47. The molecule has 0 saturated heterocycles. The molecule has 10 heteroatoms. The molecule has 0 aliphatic rings. The van der Waals surface area contributed by atoms with Gasteiger partial charge in [-0.05, 0) is 34.1 Å². The second-order valence-corrected chi connectivity index (χ2v) is 5.36. The van der Waals surface area contributed by atoms with Crippen LogP contribution in [0.2, 0.25) is 5.15 Å². The number of carbonyl (C=O) groups is 1. The van der Waals surface area contributed by atoms with Crippen molar-refractivity contribution >= 4 is 39.1 Å². The highest BCUT2D eigenvalue weighted by molar-refractivity contribution is 9.10. The van der Waals surface area contributed by atoms with E-state index in [1.54, 1.807) is 0 Å². The van der Waals surface area contributed by atoms with E-state index in [0.29, 0.717) is 10.5 Å². The number of amides is 1. The summed E-state index contributed by atoms with van der Waals surface area (Å²) < 4.78 is 53.5. The highest BCUT2D eigenvalue weighted by Crippen LogP contribution is 2.28. The normalized spacial score (nSPS) is 11.2. The molecule has 4 nitrogen and oxygen atoms in total. The van der Waals surface area contributed by atoms with E-state index in [4.69, 9.17) is 11.6 Å². The quantitative estimate of drug-likeness (QED) is 0.582. The molecule has 2 rings (SSSR count). The van der Waals surface area contributed by atoms with Crippen molar-refractivity contribution in [3.8, 4) is 5.75 Å². The summed E-state index contributed by atoms with van der Waals surface area (Å²) in [7, 11) is 0. The number of nitrogens with zero attached hydrogens (tertiary/aromatic N) is 1. The van der Waals surface area contributed by atoms with Crippen molar-refractivity contribution in [3.63, 3.8) is 0 Å². The van der Waals surface area contributed by atoms with Crippen molar-refractivity contribution in [1.82, 2.24) is 4.98 Å². The van der Waals surface area contributed by atoms with E-state index in [9.17, 15) is 22.4 Å². The van der Waals surface area contributed by atoms with Crippen molar-refractivity contribution in [3.05, 3.63) is 51.5 Å². The summed E-state index contributed by atoms with van der Waals surface area (Å²) in [5.74, 6) is -2.90. The molecule has 0 unspecified atom stereocenters. The van der Waals surface area contributed by atoms with Crippen LogP contribution in [0.3, 0.4) is 0 Å². The summed E-state index contributed by atoms with van der Waals surface area (Å²) in [6.07, 6.45) is -3.81. The van der Waals surface area contributed by atoms with Gasteiger partial charge in [-0.3, -0.25) is 4.79 Å². The van der Waals surface area contributed by atoms with Crippen LogP contribution in [0.25, 0.3) is 0 Å². The minimum Gasteiger partial charge on any atom is -0.403 e. The van der Waals surface area contributed by atoms with Gasteiger partial charge in [0.05, 0.1) is 10.0 Å². The third kappa shape index (κ3) is 4.80. The first kappa shape index (κ1) is 17.5. The van der Waals surface area contributed by atoms with Crippen LogP contribution >= 0.6 is 27.5 Å². The lowest BCUT2D eigenvalue weighted by molar-refractivity contribution is -0.275. The highest BCUT2D eigenvalue weighted by Gasteiger charge is 2.32. The third-order valence-corrected chi connectivity index (χ3v) is 3.61. The fourth-order valence-electron chi connectivity index (χ4n) is 1.53. The summed E-state index contributed by atoms with van der Waals surface area (Å²) in [4.78, 5) is 15.7. The summed E-state index contributed by atoms with van der Waals surface area (Å²) in [6, 6.07) is 3.93. The fourth-order valence-corrected chi connectivity index (χ4v) is 1.99. The van der Waals surface area contributed by atoms with Crippen LogP contribution in [0.15, 0.2) is 34.9 Å². The number of pyridine rings is 1. The van der Waals surface area contributed by atoms with Gasteiger partial charge in [0.2, 0.25) is 0 Å². The average Bonchev–Trinajstić information content (AvgIpc) is 2.43. The van der Waals surface area contributed by atoms with Crippen molar-refractivity contribution in [1.29, 1.82) is 0 Å². The second-order valence-electron chi connectivity index (χ2n) is 4.14. The van der Waals surface area contributed by atoms with Gasteiger partial charge < -0.3 is 10.1 Å². The predicted molar refractivity (Wildman–Crippen MR) is 78.0 cm³/mol. The molecule has 1 amide bonds. The molecular weight excluding hydrogens is 408 g/mol. The molecule has 122 valence electrons. The van der Waals surface area contributed by atoms with Crippen LogP contribution in [-0.2, 0) is 0 Å². The van der Waals surface area contributed by atoms with Crippen molar-refractivity contribution in [2.24, 2.45) is 0 Å². The van der Waals surface area contributed by atoms with Gasteiger partial charge in [0, 0.05) is 18.0 Å². The number of ether oxygens (including phenoxy) is 1. The van der Waals surface area contributed by atoms with Crippen molar-refractivity contribution < 1.29 is 27.1 Å². The van der Waals surface area contributed by atoms with Gasteiger partial charge in [0.25, 0.3) is 5.91 Å². The van der Waals surface area contributed by atoms with E-state index in [2.05, 4.69) is 31.0 Å². The molecule has 0 radical (unpaired) electrons. The number of rotatable bonds is 3. The Bertz CT molecular complexity index is 755. The zero-order valence-electron chi connectivity index (χ0n) is 10.9. The Morgan fingerprint density at radius 2 is 2.00 bits per heavy atom. The molecule has 1 aromatic heterocycles. The topological polar surface area (TPSA) is 51.2 Å². The number of anilines is 1. The number of carbonyl (C=O) groups excluding carboxylic acids is 1. The lowest BCUT2D eigenvalue weighted by atomic mass is 10.2. The Morgan fingerprint density at radius 3 is 2.57 bits per heavy atom. The molecule has 0 saturated carbocycles. The molecule has 0 aliphatic carbocycles. The number of hydrogen-bond donors (Lipinski definition) is 1. The molecule has 23 heavy (non-hydrogen) atoms. The van der Waals surface area contributed by atoms with Crippen LogP contribution in [-0.4, -0.2) is 17.3 Å². The Kier molecular flexibility index (Phi) is 5.10. The number of nitrogens with one attached hydrogen (secondary N) is 1. The minimum atomic E-state index is -5.01. The van der Waals surface area contributed by atoms with Crippen molar-refractivity contribution in [2.45, 2.75) is 6.36 Å². The first-order valence-electron chi connectivity index (χ1n) is 5.83.